The highest BCUT2D eigenvalue weighted by molar-refractivity contribution is 6.74. The van der Waals surface area contributed by atoms with E-state index in [1.807, 2.05) is 6.08 Å². The van der Waals surface area contributed by atoms with Crippen molar-refractivity contribution in [1.29, 1.82) is 0 Å². The number of carbonyl (C=O) groups excluding carboxylic acids is 1. The van der Waals surface area contributed by atoms with Crippen LogP contribution in [0.4, 0.5) is 0 Å². The number of ether oxygens (including phenoxy) is 1. The summed E-state index contributed by atoms with van der Waals surface area (Å²) >= 11 is 0. The zero-order valence-corrected chi connectivity index (χ0v) is 31.7. The summed E-state index contributed by atoms with van der Waals surface area (Å²) in [6, 6.07) is 0. The monoisotopic (exact) mass is 614 g/mol. The van der Waals surface area contributed by atoms with Crippen LogP contribution in [-0.4, -0.2) is 60.0 Å². The minimum absolute atomic E-state index is 0.0216. The number of esters is 1. The molecule has 1 fully saturated rings. The molecule has 242 valence electrons. The average Bonchev–Trinajstić information content (AvgIpc) is 2.84. The van der Waals surface area contributed by atoms with Crippen molar-refractivity contribution in [3.63, 3.8) is 0 Å². The number of aliphatic hydroxyl groups is 1. The molecule has 6 nitrogen and oxygen atoms in total. The predicted octanol–water partition coefficient (Wildman–Crippen LogP) is 8.64. The first-order valence-electron chi connectivity index (χ1n) is 15.8. The second kappa shape index (κ2) is 14.1. The van der Waals surface area contributed by atoms with Gasteiger partial charge in [-0.3, -0.25) is 4.79 Å². The Bertz CT molecular complexity index is 866. The quantitative estimate of drug-likeness (QED) is 0.143. The van der Waals surface area contributed by atoms with Crippen LogP contribution in [0.3, 0.4) is 0 Å². The molecule has 1 aliphatic rings. The summed E-state index contributed by atoms with van der Waals surface area (Å²) in [4.78, 5) is 11.8. The van der Waals surface area contributed by atoms with E-state index in [0.29, 0.717) is 6.61 Å². The second-order valence-corrected chi connectivity index (χ2v) is 25.8. The maximum atomic E-state index is 11.9. The Morgan fingerprint density at radius 1 is 1.05 bits per heavy atom. The molecule has 41 heavy (non-hydrogen) atoms. The van der Waals surface area contributed by atoms with Gasteiger partial charge in [0.05, 0.1) is 31.8 Å². The zero-order chi connectivity index (χ0) is 32.4. The Balaban J connectivity index is 3.58. The van der Waals surface area contributed by atoms with Gasteiger partial charge in [0.2, 0.25) is 0 Å². The number of hydrogen-bond donors (Lipinski definition) is 1. The molecule has 1 N–H and O–H groups in total. The Labute approximate surface area is 255 Å². The summed E-state index contributed by atoms with van der Waals surface area (Å²) in [7, 11) is -3.48. The van der Waals surface area contributed by atoms with E-state index in [0.717, 1.165) is 12.0 Å². The van der Waals surface area contributed by atoms with Crippen molar-refractivity contribution in [2.75, 3.05) is 13.7 Å². The van der Waals surface area contributed by atoms with Crippen LogP contribution in [0.5, 0.6) is 0 Å². The third-order valence-electron chi connectivity index (χ3n) is 9.98. The molecule has 1 heterocycles. The van der Waals surface area contributed by atoms with Crippen molar-refractivity contribution in [2.45, 2.75) is 156 Å². The SMILES string of the molecule is CC/C(=C\CC(=O)OC)[C@@H](C)[C@H](O)[C@@H](C)[C@H](O[Si](C)(C)C(C)(C)C)[C@@H](C)[C@@H]1O[Si](C(C)(C)C)(C(C)(C)C)OC[C@@H]1C. The van der Waals surface area contributed by atoms with E-state index >= 15 is 0 Å². The van der Waals surface area contributed by atoms with Crippen LogP contribution >= 0.6 is 0 Å². The first-order valence-corrected chi connectivity index (χ1v) is 20.5. The molecule has 0 spiro atoms. The molecule has 1 aliphatic heterocycles. The van der Waals surface area contributed by atoms with E-state index in [9.17, 15) is 9.90 Å². The smallest absolute Gasteiger partial charge is 0.349 e. The first-order chi connectivity index (χ1) is 18.4. The average molecular weight is 615 g/mol. The van der Waals surface area contributed by atoms with Gasteiger partial charge in [0.1, 0.15) is 0 Å². The molecule has 7 atom stereocenters. The van der Waals surface area contributed by atoms with E-state index in [1.165, 1.54) is 7.11 Å². The molecule has 0 aromatic carbocycles. The van der Waals surface area contributed by atoms with Crippen LogP contribution in [0.25, 0.3) is 0 Å². The van der Waals surface area contributed by atoms with Gasteiger partial charge in [0.25, 0.3) is 0 Å². The first kappa shape index (κ1) is 38.5. The van der Waals surface area contributed by atoms with Crippen molar-refractivity contribution in [3.05, 3.63) is 11.6 Å². The van der Waals surface area contributed by atoms with E-state index in [-0.39, 0.29) is 63.4 Å². The third kappa shape index (κ3) is 8.78. The van der Waals surface area contributed by atoms with Crippen LogP contribution in [0, 0.1) is 23.7 Å². The Hall–Kier alpha value is -0.516. The molecule has 8 heteroatoms. The Morgan fingerprint density at radius 3 is 1.98 bits per heavy atom. The van der Waals surface area contributed by atoms with E-state index in [2.05, 4.69) is 110 Å². The second-order valence-electron chi connectivity index (χ2n) is 16.2. The fraction of sp³-hybridized carbons (Fsp3) is 0.909. The lowest BCUT2D eigenvalue weighted by atomic mass is 9.78. The van der Waals surface area contributed by atoms with Gasteiger partial charge < -0.3 is 23.1 Å². The fourth-order valence-corrected chi connectivity index (χ4v) is 13.1. The number of methoxy groups -OCH3 is 1. The maximum Gasteiger partial charge on any atom is 0.349 e. The van der Waals surface area contributed by atoms with Crippen LogP contribution < -0.4 is 0 Å². The van der Waals surface area contributed by atoms with Gasteiger partial charge in [0, 0.05) is 40.4 Å². The van der Waals surface area contributed by atoms with Gasteiger partial charge in [-0.15, -0.1) is 0 Å². The number of rotatable bonds is 11. The highest BCUT2D eigenvalue weighted by Gasteiger charge is 2.62. The van der Waals surface area contributed by atoms with Gasteiger partial charge in [-0.25, -0.2) is 0 Å². The minimum atomic E-state index is -2.69. The van der Waals surface area contributed by atoms with Crippen molar-refractivity contribution in [3.8, 4) is 0 Å². The highest BCUT2D eigenvalue weighted by Crippen LogP contribution is 2.55. The van der Waals surface area contributed by atoms with Crippen LogP contribution in [0.1, 0.15) is 110 Å². The molecular formula is C33H66O6Si2. The normalized spacial score (nSPS) is 24.8. The van der Waals surface area contributed by atoms with Crippen LogP contribution in [-0.2, 0) is 22.8 Å². The zero-order valence-electron chi connectivity index (χ0n) is 29.7. The molecular weight excluding hydrogens is 549 g/mol. The molecule has 0 amide bonds. The number of carbonyl (C=O) groups is 1. The molecule has 0 radical (unpaired) electrons. The molecule has 0 aromatic rings. The molecule has 0 aromatic heterocycles. The number of hydrogen-bond acceptors (Lipinski definition) is 6. The maximum absolute atomic E-state index is 11.9. The number of aliphatic hydroxyl groups excluding tert-OH is 1. The van der Waals surface area contributed by atoms with E-state index < -0.39 is 23.0 Å². The topological polar surface area (TPSA) is 74.2 Å². The van der Waals surface area contributed by atoms with E-state index in [4.69, 9.17) is 18.0 Å². The van der Waals surface area contributed by atoms with Gasteiger partial charge in [-0.05, 0) is 24.6 Å². The van der Waals surface area contributed by atoms with Crippen molar-refractivity contribution < 1.29 is 27.9 Å². The fourth-order valence-electron chi connectivity index (χ4n) is 6.44. The summed E-state index contributed by atoms with van der Waals surface area (Å²) in [5, 5.41) is 11.7. The van der Waals surface area contributed by atoms with Gasteiger partial charge in [0.15, 0.2) is 8.32 Å². The summed E-state index contributed by atoms with van der Waals surface area (Å²) in [6.45, 7) is 36.3. The molecule has 0 bridgehead atoms. The van der Waals surface area contributed by atoms with Crippen LogP contribution in [0.15, 0.2) is 11.6 Å². The molecule has 0 aliphatic carbocycles. The molecule has 1 rings (SSSR count). The molecule has 0 saturated carbocycles. The van der Waals surface area contributed by atoms with Gasteiger partial charge in [-0.2, -0.15) is 0 Å². The summed E-state index contributed by atoms with van der Waals surface area (Å²) in [6.07, 6.45) is 2.01. The Kier molecular flexibility index (Phi) is 13.2. The largest absolute Gasteiger partial charge is 0.469 e. The standard InChI is InChI=1S/C33H66O6Si2/c1-18-26(19-20-27(34)36-15)23(3)28(35)24(4)30(38-40(16,17)31(6,7)8)25(5)29-22(2)21-37-41(39-29,32(9,10)11)33(12,13)14/h19,22-25,28-30,35H,18,20-21H2,1-17H3/b26-19+/t22-,23+,24+,25-,28-,29+,30-/m0/s1. The predicted molar refractivity (Wildman–Crippen MR) is 176 cm³/mol. The summed E-state index contributed by atoms with van der Waals surface area (Å²) < 4.78 is 26.2. The van der Waals surface area contributed by atoms with Crippen molar-refractivity contribution >= 4 is 22.8 Å². The summed E-state index contributed by atoms with van der Waals surface area (Å²) in [5.41, 5.74) is 1.07. The summed E-state index contributed by atoms with van der Waals surface area (Å²) in [5.74, 6) is -0.298. The molecule has 1 saturated heterocycles. The van der Waals surface area contributed by atoms with E-state index in [1.54, 1.807) is 0 Å². The van der Waals surface area contributed by atoms with Gasteiger partial charge >= 0.3 is 14.5 Å². The highest BCUT2D eigenvalue weighted by atomic mass is 28.4. The van der Waals surface area contributed by atoms with Gasteiger partial charge in [-0.1, -0.05) is 109 Å². The minimum Gasteiger partial charge on any atom is -0.469 e. The van der Waals surface area contributed by atoms with Crippen LogP contribution in [0.2, 0.25) is 28.2 Å². The lowest BCUT2D eigenvalue weighted by Crippen LogP contribution is -2.65. The third-order valence-corrected chi connectivity index (χ3v) is 19.6. The van der Waals surface area contributed by atoms with Crippen molar-refractivity contribution in [1.82, 2.24) is 0 Å². The lowest BCUT2D eigenvalue weighted by molar-refractivity contribution is -0.139. The lowest BCUT2D eigenvalue weighted by Gasteiger charge is -2.56. The molecule has 0 unspecified atom stereocenters. The Morgan fingerprint density at radius 2 is 1.56 bits per heavy atom. The van der Waals surface area contributed by atoms with Crippen molar-refractivity contribution in [2.24, 2.45) is 23.7 Å².